The molecule has 136 valence electrons. The Morgan fingerprint density at radius 1 is 1.21 bits per heavy atom. The molecule has 0 amide bonds. The van der Waals surface area contributed by atoms with Crippen molar-refractivity contribution in [2.45, 2.75) is 24.8 Å². The van der Waals surface area contributed by atoms with Crippen molar-refractivity contribution in [3.63, 3.8) is 0 Å². The summed E-state index contributed by atoms with van der Waals surface area (Å²) in [5.74, 6) is 0.00229. The first kappa shape index (κ1) is 21.2. The third kappa shape index (κ3) is 6.93. The van der Waals surface area contributed by atoms with Crippen LogP contribution in [0.15, 0.2) is 29.2 Å². The van der Waals surface area contributed by atoms with Crippen LogP contribution in [0.4, 0.5) is 0 Å². The van der Waals surface area contributed by atoms with E-state index in [2.05, 4.69) is 10.2 Å². The van der Waals surface area contributed by atoms with Crippen molar-refractivity contribution in [1.82, 2.24) is 15.1 Å². The van der Waals surface area contributed by atoms with Crippen LogP contribution in [0.2, 0.25) is 5.02 Å². The summed E-state index contributed by atoms with van der Waals surface area (Å²) in [6.07, 6.45) is 0. The van der Waals surface area contributed by atoms with E-state index in [1.165, 1.54) is 12.1 Å². The van der Waals surface area contributed by atoms with E-state index in [9.17, 15) is 8.42 Å². The monoisotopic (exact) mass is 391 g/mol. The Morgan fingerprint density at radius 3 is 2.29 bits per heavy atom. The van der Waals surface area contributed by atoms with Gasteiger partial charge < -0.3 is 15.1 Å². The fourth-order valence-electron chi connectivity index (χ4n) is 2.06. The van der Waals surface area contributed by atoms with Gasteiger partial charge in [0.05, 0.1) is 10.6 Å². The smallest absolute Gasteiger partial charge is 0.180 e. The highest BCUT2D eigenvalue weighted by molar-refractivity contribution is 7.91. The average molecular weight is 392 g/mol. The van der Waals surface area contributed by atoms with Crippen LogP contribution in [-0.2, 0) is 9.84 Å². The molecule has 0 aliphatic heterocycles. The van der Waals surface area contributed by atoms with E-state index in [1.807, 2.05) is 32.8 Å². The topological polar surface area (TPSA) is 52.7 Å². The maximum atomic E-state index is 12.5. The van der Waals surface area contributed by atoms with E-state index < -0.39 is 9.84 Å². The number of thiocarbonyl (C=S) groups is 1. The van der Waals surface area contributed by atoms with Crippen molar-refractivity contribution in [3.05, 3.63) is 29.3 Å². The summed E-state index contributed by atoms with van der Waals surface area (Å²) in [5, 5.41) is 4.28. The van der Waals surface area contributed by atoms with Crippen molar-refractivity contribution < 1.29 is 8.42 Å². The number of nitrogens with zero attached hydrogens (tertiary/aromatic N) is 2. The van der Waals surface area contributed by atoms with Crippen LogP contribution in [0.5, 0.6) is 0 Å². The fourth-order valence-corrected chi connectivity index (χ4v) is 3.81. The second-order valence-electron chi connectivity index (χ2n) is 6.10. The molecule has 1 N–H and O–H groups in total. The van der Waals surface area contributed by atoms with Crippen molar-refractivity contribution >= 4 is 38.8 Å². The van der Waals surface area contributed by atoms with Crippen LogP contribution in [-0.4, -0.2) is 68.9 Å². The summed E-state index contributed by atoms with van der Waals surface area (Å²) in [6, 6.07) is 6.35. The van der Waals surface area contributed by atoms with Crippen molar-refractivity contribution in [3.8, 4) is 0 Å². The highest BCUT2D eigenvalue weighted by atomic mass is 35.5. The van der Waals surface area contributed by atoms with Crippen LogP contribution >= 0.6 is 23.8 Å². The van der Waals surface area contributed by atoms with E-state index in [4.69, 9.17) is 23.8 Å². The Hall–Kier alpha value is -0.890. The minimum atomic E-state index is -3.37. The molecule has 8 heteroatoms. The van der Waals surface area contributed by atoms with E-state index in [0.717, 1.165) is 13.1 Å². The zero-order chi connectivity index (χ0) is 18.3. The second kappa shape index (κ2) is 9.56. The zero-order valence-corrected chi connectivity index (χ0v) is 17.0. The van der Waals surface area contributed by atoms with Gasteiger partial charge in [-0.15, -0.1) is 0 Å². The highest BCUT2D eigenvalue weighted by Gasteiger charge is 2.19. The average Bonchev–Trinajstić information content (AvgIpc) is 2.47. The van der Waals surface area contributed by atoms with Gasteiger partial charge in [0.2, 0.25) is 0 Å². The molecular formula is C16H26ClN3O2S2. The number of likely N-dealkylation sites (N-methyl/N-ethyl adjacent to an activating group) is 1. The fraction of sp³-hybridized carbons (Fsp3) is 0.562. The Labute approximate surface area is 155 Å². The number of rotatable bonds is 8. The maximum Gasteiger partial charge on any atom is 0.180 e. The largest absolute Gasteiger partial charge is 0.361 e. The predicted octanol–water partition coefficient (Wildman–Crippen LogP) is 2.26. The van der Waals surface area contributed by atoms with Crippen LogP contribution < -0.4 is 5.32 Å². The molecule has 0 fully saturated rings. The van der Waals surface area contributed by atoms with Gasteiger partial charge in [0.1, 0.15) is 0 Å². The molecule has 0 unspecified atom stereocenters. The molecule has 0 aliphatic carbocycles. The SMILES string of the molecule is CC(C)N(CCS(=O)(=O)c1ccc(Cl)cc1)C(=S)NCCN(C)C. The summed E-state index contributed by atoms with van der Waals surface area (Å²) >= 11 is 11.2. The molecule has 0 spiro atoms. The van der Waals surface area contributed by atoms with Gasteiger partial charge in [-0.25, -0.2) is 8.42 Å². The summed E-state index contributed by atoms with van der Waals surface area (Å²) in [6.45, 7) is 5.91. The molecule has 24 heavy (non-hydrogen) atoms. The summed E-state index contributed by atoms with van der Waals surface area (Å²) in [7, 11) is 0.610. The van der Waals surface area contributed by atoms with Gasteiger partial charge in [-0.2, -0.15) is 0 Å². The number of hydrogen-bond acceptors (Lipinski definition) is 4. The number of halogens is 1. The standard InChI is InChI=1S/C16H26ClN3O2S2/c1-13(2)20(16(23)18-9-10-19(3)4)11-12-24(21,22)15-7-5-14(17)6-8-15/h5-8,13H,9-12H2,1-4H3,(H,18,23). The van der Waals surface area contributed by atoms with E-state index >= 15 is 0 Å². The number of nitrogens with one attached hydrogen (secondary N) is 1. The second-order valence-corrected chi connectivity index (χ2v) is 9.03. The third-order valence-corrected chi connectivity index (χ3v) is 5.83. The van der Waals surface area contributed by atoms with Gasteiger partial charge in [0, 0.05) is 30.7 Å². The van der Waals surface area contributed by atoms with Crippen molar-refractivity contribution in [1.29, 1.82) is 0 Å². The molecule has 0 heterocycles. The normalized spacial score (nSPS) is 11.8. The Morgan fingerprint density at radius 2 is 1.79 bits per heavy atom. The van der Waals surface area contributed by atoms with E-state index in [-0.39, 0.29) is 16.7 Å². The number of hydrogen-bond donors (Lipinski definition) is 1. The lowest BCUT2D eigenvalue weighted by Crippen LogP contribution is -2.47. The summed E-state index contributed by atoms with van der Waals surface area (Å²) < 4.78 is 24.9. The van der Waals surface area contributed by atoms with Gasteiger partial charge in [-0.1, -0.05) is 11.6 Å². The molecule has 0 saturated carbocycles. The quantitative estimate of drug-likeness (QED) is 0.686. The predicted molar refractivity (Wildman–Crippen MR) is 105 cm³/mol. The first-order chi connectivity index (χ1) is 11.1. The van der Waals surface area contributed by atoms with Crippen LogP contribution in [0.3, 0.4) is 0 Å². The maximum absolute atomic E-state index is 12.5. The lowest BCUT2D eigenvalue weighted by Gasteiger charge is -2.30. The number of sulfone groups is 1. The minimum absolute atomic E-state index is 0.00229. The van der Waals surface area contributed by atoms with E-state index in [1.54, 1.807) is 12.1 Å². The molecule has 1 rings (SSSR count). The Balaban J connectivity index is 2.68. The molecule has 0 atom stereocenters. The molecule has 0 aliphatic rings. The summed E-state index contributed by atoms with van der Waals surface area (Å²) in [5.41, 5.74) is 0. The van der Waals surface area contributed by atoms with Gasteiger partial charge in [-0.05, 0) is 64.4 Å². The van der Waals surface area contributed by atoms with Crippen molar-refractivity contribution in [2.75, 3.05) is 39.5 Å². The van der Waals surface area contributed by atoms with Gasteiger partial charge in [0.25, 0.3) is 0 Å². The Bertz CT molecular complexity index is 631. The lowest BCUT2D eigenvalue weighted by molar-refractivity contribution is 0.355. The minimum Gasteiger partial charge on any atom is -0.361 e. The lowest BCUT2D eigenvalue weighted by atomic mass is 10.3. The van der Waals surface area contributed by atoms with Gasteiger partial charge in [-0.3, -0.25) is 0 Å². The van der Waals surface area contributed by atoms with Gasteiger partial charge in [0.15, 0.2) is 14.9 Å². The van der Waals surface area contributed by atoms with Crippen LogP contribution in [0.1, 0.15) is 13.8 Å². The molecule has 0 bridgehead atoms. The van der Waals surface area contributed by atoms with E-state index in [0.29, 0.717) is 16.7 Å². The first-order valence-corrected chi connectivity index (χ1v) is 10.2. The van der Waals surface area contributed by atoms with Gasteiger partial charge >= 0.3 is 0 Å². The van der Waals surface area contributed by atoms with Crippen LogP contribution in [0.25, 0.3) is 0 Å². The molecule has 0 aromatic heterocycles. The first-order valence-electron chi connectivity index (χ1n) is 7.81. The molecule has 5 nitrogen and oxygen atoms in total. The molecule has 1 aromatic carbocycles. The summed E-state index contributed by atoms with van der Waals surface area (Å²) in [4.78, 5) is 4.24. The number of benzene rings is 1. The molecule has 1 aromatic rings. The molecule has 0 radical (unpaired) electrons. The van der Waals surface area contributed by atoms with Crippen molar-refractivity contribution in [2.24, 2.45) is 0 Å². The molecular weight excluding hydrogens is 366 g/mol. The third-order valence-electron chi connectivity index (χ3n) is 3.49. The van der Waals surface area contributed by atoms with Crippen LogP contribution in [0, 0.1) is 0 Å². The Kier molecular flexibility index (Phi) is 8.42. The molecule has 0 saturated heterocycles. The highest BCUT2D eigenvalue weighted by Crippen LogP contribution is 2.16. The zero-order valence-electron chi connectivity index (χ0n) is 14.6.